The molecule has 6 heteroatoms. The molecule has 70 valence electrons. The summed E-state index contributed by atoms with van der Waals surface area (Å²) in [5.41, 5.74) is 2.27. The van der Waals surface area contributed by atoms with Crippen molar-refractivity contribution in [2.75, 3.05) is 20.1 Å². The third-order valence-corrected chi connectivity index (χ3v) is 1.81. The second kappa shape index (κ2) is 3.22. The number of nitrogens with two attached hydrogens (primary N) is 1. The predicted molar refractivity (Wildman–Crippen MR) is 41.8 cm³/mol. The molecule has 0 amide bonds. The number of nitrogens with one attached hydrogen (secondary N) is 1. The maximum absolute atomic E-state index is 12.7. The lowest BCUT2D eigenvalue weighted by atomic mass is 10.3. The number of hydrogen-bond donors (Lipinski definition) is 2. The second-order valence-electron chi connectivity index (χ2n) is 2.72. The van der Waals surface area contributed by atoms with Crippen LogP contribution in [0.25, 0.3) is 0 Å². The average Bonchev–Trinajstić information content (AvgIpc) is 2.34. The fourth-order valence-electron chi connectivity index (χ4n) is 1.21. The SMILES string of the molecule is CN=C(NN)N1CCC(F)(F)C1. The smallest absolute Gasteiger partial charge is 0.267 e. The molecule has 3 N–H and O–H groups in total. The Bertz CT molecular complexity index is 192. The van der Waals surface area contributed by atoms with E-state index in [0.717, 1.165) is 0 Å². The van der Waals surface area contributed by atoms with Gasteiger partial charge in [0.05, 0.1) is 6.54 Å². The molecule has 0 spiro atoms. The molecule has 12 heavy (non-hydrogen) atoms. The minimum absolute atomic E-state index is 0.131. The van der Waals surface area contributed by atoms with Gasteiger partial charge in [-0.05, 0) is 0 Å². The van der Waals surface area contributed by atoms with Crippen LogP contribution in [0.4, 0.5) is 8.78 Å². The Balaban J connectivity index is 2.57. The van der Waals surface area contributed by atoms with E-state index in [2.05, 4.69) is 10.4 Å². The summed E-state index contributed by atoms with van der Waals surface area (Å²) in [6, 6.07) is 0. The first-order valence-corrected chi connectivity index (χ1v) is 3.65. The second-order valence-corrected chi connectivity index (χ2v) is 2.72. The molecule has 1 aliphatic heterocycles. The third kappa shape index (κ3) is 1.82. The molecule has 1 aliphatic rings. The lowest BCUT2D eigenvalue weighted by molar-refractivity contribution is 0.0173. The minimum Gasteiger partial charge on any atom is -0.336 e. The van der Waals surface area contributed by atoms with E-state index in [-0.39, 0.29) is 13.0 Å². The summed E-state index contributed by atoms with van der Waals surface area (Å²) in [7, 11) is 1.51. The van der Waals surface area contributed by atoms with Crippen LogP contribution in [-0.2, 0) is 0 Å². The van der Waals surface area contributed by atoms with E-state index in [1.807, 2.05) is 0 Å². The summed E-state index contributed by atoms with van der Waals surface area (Å²) in [4.78, 5) is 5.16. The number of alkyl halides is 2. The molecule has 1 saturated heterocycles. The van der Waals surface area contributed by atoms with Gasteiger partial charge in [-0.1, -0.05) is 0 Å². The molecule has 0 atom stereocenters. The molecule has 0 aromatic heterocycles. The van der Waals surface area contributed by atoms with E-state index in [0.29, 0.717) is 12.5 Å². The largest absolute Gasteiger partial charge is 0.336 e. The van der Waals surface area contributed by atoms with Crippen LogP contribution in [0.3, 0.4) is 0 Å². The molecule has 0 aliphatic carbocycles. The number of hydrogen-bond acceptors (Lipinski definition) is 2. The van der Waals surface area contributed by atoms with Gasteiger partial charge in [-0.25, -0.2) is 14.6 Å². The maximum atomic E-state index is 12.7. The van der Waals surface area contributed by atoms with Crippen molar-refractivity contribution in [2.45, 2.75) is 12.3 Å². The van der Waals surface area contributed by atoms with Gasteiger partial charge >= 0.3 is 0 Å². The molecule has 1 heterocycles. The molecule has 1 fully saturated rings. The molecule has 0 aromatic rings. The summed E-state index contributed by atoms with van der Waals surface area (Å²) in [5.74, 6) is 2.79. The Kier molecular flexibility index (Phi) is 2.46. The van der Waals surface area contributed by atoms with Crippen LogP contribution in [-0.4, -0.2) is 36.9 Å². The van der Waals surface area contributed by atoms with E-state index in [1.165, 1.54) is 11.9 Å². The number of aliphatic imine (C=N–C) groups is 1. The van der Waals surface area contributed by atoms with Crippen LogP contribution in [0.2, 0.25) is 0 Å². The summed E-state index contributed by atoms with van der Waals surface area (Å²) in [6.45, 7) is -0.00620. The van der Waals surface area contributed by atoms with Crippen molar-refractivity contribution < 1.29 is 8.78 Å². The Morgan fingerprint density at radius 1 is 1.67 bits per heavy atom. The molecule has 0 radical (unpaired) electrons. The van der Waals surface area contributed by atoms with Crippen molar-refractivity contribution in [3.8, 4) is 0 Å². The van der Waals surface area contributed by atoms with E-state index in [4.69, 9.17) is 5.84 Å². The molecule has 1 rings (SSSR count). The minimum atomic E-state index is -2.60. The van der Waals surface area contributed by atoms with Crippen LogP contribution in [0.15, 0.2) is 4.99 Å². The van der Waals surface area contributed by atoms with Gasteiger partial charge < -0.3 is 4.90 Å². The quantitative estimate of drug-likeness (QED) is 0.233. The van der Waals surface area contributed by atoms with Gasteiger partial charge in [-0.3, -0.25) is 10.4 Å². The van der Waals surface area contributed by atoms with E-state index >= 15 is 0 Å². The van der Waals surface area contributed by atoms with Crippen molar-refractivity contribution in [1.82, 2.24) is 10.3 Å². The van der Waals surface area contributed by atoms with Gasteiger partial charge in [-0.2, -0.15) is 0 Å². The Labute approximate surface area is 69.4 Å². The van der Waals surface area contributed by atoms with Gasteiger partial charge in [0.1, 0.15) is 0 Å². The van der Waals surface area contributed by atoms with Crippen LogP contribution < -0.4 is 11.3 Å². The maximum Gasteiger partial charge on any atom is 0.267 e. The topological polar surface area (TPSA) is 53.6 Å². The zero-order chi connectivity index (χ0) is 9.19. The highest BCUT2D eigenvalue weighted by Crippen LogP contribution is 2.26. The van der Waals surface area contributed by atoms with E-state index in [9.17, 15) is 8.78 Å². The first-order chi connectivity index (χ1) is 5.59. The number of guanidine groups is 1. The highest BCUT2D eigenvalue weighted by molar-refractivity contribution is 5.79. The van der Waals surface area contributed by atoms with Gasteiger partial charge in [-0.15, -0.1) is 0 Å². The summed E-state index contributed by atoms with van der Waals surface area (Å²) in [5, 5.41) is 0. The summed E-state index contributed by atoms with van der Waals surface area (Å²) in [6.07, 6.45) is -0.131. The van der Waals surface area contributed by atoms with Crippen LogP contribution in [0, 0.1) is 0 Å². The zero-order valence-electron chi connectivity index (χ0n) is 6.85. The van der Waals surface area contributed by atoms with Gasteiger partial charge in [0, 0.05) is 20.0 Å². The van der Waals surface area contributed by atoms with E-state index < -0.39 is 5.92 Å². The predicted octanol–water partition coefficient (Wildman–Crippen LogP) is -0.223. The van der Waals surface area contributed by atoms with Crippen LogP contribution >= 0.6 is 0 Å². The molecule has 0 bridgehead atoms. The monoisotopic (exact) mass is 178 g/mol. The third-order valence-electron chi connectivity index (χ3n) is 1.81. The lowest BCUT2D eigenvalue weighted by Gasteiger charge is -2.18. The molecular weight excluding hydrogens is 166 g/mol. The van der Waals surface area contributed by atoms with Crippen molar-refractivity contribution in [3.05, 3.63) is 0 Å². The van der Waals surface area contributed by atoms with Gasteiger partial charge in [0.25, 0.3) is 5.92 Å². The summed E-state index contributed by atoms with van der Waals surface area (Å²) < 4.78 is 25.3. The number of halogens is 2. The number of hydrazine groups is 1. The fraction of sp³-hybridized carbons (Fsp3) is 0.833. The van der Waals surface area contributed by atoms with Crippen LogP contribution in [0.5, 0.6) is 0 Å². The highest BCUT2D eigenvalue weighted by atomic mass is 19.3. The van der Waals surface area contributed by atoms with Crippen molar-refractivity contribution >= 4 is 5.96 Å². The number of nitrogens with zero attached hydrogens (tertiary/aromatic N) is 2. The number of rotatable bonds is 0. The van der Waals surface area contributed by atoms with Crippen molar-refractivity contribution in [2.24, 2.45) is 10.8 Å². The Morgan fingerprint density at radius 3 is 2.67 bits per heavy atom. The Hall–Kier alpha value is -0.910. The van der Waals surface area contributed by atoms with E-state index in [1.54, 1.807) is 0 Å². The normalized spacial score (nSPS) is 23.0. The number of likely N-dealkylation sites (tertiary alicyclic amines) is 1. The molecule has 0 saturated carbocycles. The van der Waals surface area contributed by atoms with Gasteiger partial charge in [0.2, 0.25) is 5.96 Å². The fourth-order valence-corrected chi connectivity index (χ4v) is 1.21. The van der Waals surface area contributed by atoms with Crippen LogP contribution in [0.1, 0.15) is 6.42 Å². The standard InChI is InChI=1S/C6H12F2N4/c1-10-5(11-9)12-3-2-6(7,8)4-12/h2-4,9H2,1H3,(H,10,11). The molecule has 0 aromatic carbocycles. The Morgan fingerprint density at radius 2 is 2.33 bits per heavy atom. The molecule has 0 unspecified atom stereocenters. The molecular formula is C6H12F2N4. The average molecular weight is 178 g/mol. The summed E-state index contributed by atoms with van der Waals surface area (Å²) >= 11 is 0. The highest BCUT2D eigenvalue weighted by Gasteiger charge is 2.39. The first kappa shape index (κ1) is 9.18. The zero-order valence-corrected chi connectivity index (χ0v) is 6.85. The van der Waals surface area contributed by atoms with Crippen molar-refractivity contribution in [3.63, 3.8) is 0 Å². The molecule has 4 nitrogen and oxygen atoms in total. The van der Waals surface area contributed by atoms with Gasteiger partial charge in [0.15, 0.2) is 0 Å². The van der Waals surface area contributed by atoms with Crippen molar-refractivity contribution in [1.29, 1.82) is 0 Å². The lowest BCUT2D eigenvalue weighted by Crippen LogP contribution is -2.44. The first-order valence-electron chi connectivity index (χ1n) is 3.65.